The smallest absolute Gasteiger partial charge is 0.282 e. The van der Waals surface area contributed by atoms with Crippen LogP contribution in [-0.2, 0) is 9.59 Å². The molecule has 0 spiro atoms. The number of hydrogen-bond donors (Lipinski definition) is 0. The molecule has 2 heterocycles. The van der Waals surface area contributed by atoms with Crippen LogP contribution >= 0.6 is 11.6 Å². The maximum Gasteiger partial charge on any atom is 0.282 e. The number of methoxy groups -OCH3 is 1. The van der Waals surface area contributed by atoms with Crippen molar-refractivity contribution in [2.45, 2.75) is 12.8 Å². The molecule has 0 saturated carbocycles. The van der Waals surface area contributed by atoms with Crippen LogP contribution in [0.2, 0.25) is 5.02 Å². The summed E-state index contributed by atoms with van der Waals surface area (Å²) in [7, 11) is 1.56. The highest BCUT2D eigenvalue weighted by atomic mass is 35.5. The normalized spacial score (nSPS) is 17.3. The van der Waals surface area contributed by atoms with E-state index in [1.54, 1.807) is 37.4 Å². The van der Waals surface area contributed by atoms with Gasteiger partial charge < -0.3 is 9.64 Å². The number of carbonyl (C=O) groups is 2. The van der Waals surface area contributed by atoms with E-state index < -0.39 is 0 Å². The number of halogens is 1. The molecule has 2 aliphatic heterocycles. The zero-order chi connectivity index (χ0) is 19.0. The lowest BCUT2D eigenvalue weighted by molar-refractivity contribution is -0.120. The SMILES string of the molecule is COc1ccccc1C1=C(N2CCCC2)C(=O)N(c2ccccc2Cl)C1=O. The molecule has 0 atom stereocenters. The molecule has 138 valence electrons. The molecule has 0 unspecified atom stereocenters. The van der Waals surface area contributed by atoms with Crippen molar-refractivity contribution < 1.29 is 14.3 Å². The van der Waals surface area contributed by atoms with Crippen LogP contribution in [0.15, 0.2) is 54.2 Å². The zero-order valence-corrected chi connectivity index (χ0v) is 15.7. The average molecular weight is 383 g/mol. The van der Waals surface area contributed by atoms with Crippen LogP contribution < -0.4 is 9.64 Å². The highest BCUT2D eigenvalue weighted by Crippen LogP contribution is 2.40. The van der Waals surface area contributed by atoms with Crippen LogP contribution in [0.3, 0.4) is 0 Å². The van der Waals surface area contributed by atoms with Gasteiger partial charge in [-0.1, -0.05) is 41.9 Å². The number of hydrogen-bond acceptors (Lipinski definition) is 4. The number of amides is 2. The fourth-order valence-corrected chi connectivity index (χ4v) is 3.92. The molecule has 1 saturated heterocycles. The molecule has 1 fully saturated rings. The number of anilines is 1. The summed E-state index contributed by atoms with van der Waals surface area (Å²) in [6.45, 7) is 1.51. The Balaban J connectivity index is 1.90. The Hall–Kier alpha value is -2.79. The summed E-state index contributed by atoms with van der Waals surface area (Å²) in [5, 5.41) is 0.362. The number of para-hydroxylation sites is 2. The van der Waals surface area contributed by atoms with E-state index in [2.05, 4.69) is 0 Å². The Labute approximate surface area is 162 Å². The molecular weight excluding hydrogens is 364 g/mol. The van der Waals surface area contributed by atoms with Crippen molar-refractivity contribution in [2.75, 3.05) is 25.1 Å². The second-order valence-electron chi connectivity index (χ2n) is 6.52. The summed E-state index contributed by atoms with van der Waals surface area (Å²) in [6, 6.07) is 14.2. The van der Waals surface area contributed by atoms with Crippen molar-refractivity contribution in [2.24, 2.45) is 0 Å². The molecule has 2 aromatic carbocycles. The molecule has 0 bridgehead atoms. The average Bonchev–Trinajstić information content (AvgIpc) is 3.29. The van der Waals surface area contributed by atoms with Gasteiger partial charge in [0.1, 0.15) is 11.4 Å². The van der Waals surface area contributed by atoms with Crippen LogP contribution in [0.25, 0.3) is 5.57 Å². The molecule has 0 aliphatic carbocycles. The minimum absolute atomic E-state index is 0.337. The predicted octanol–water partition coefficient (Wildman–Crippen LogP) is 3.73. The summed E-state index contributed by atoms with van der Waals surface area (Å²) in [5.74, 6) is -0.151. The number of imide groups is 1. The third-order valence-electron chi connectivity index (χ3n) is 4.95. The highest BCUT2D eigenvalue weighted by Gasteiger charge is 2.44. The van der Waals surface area contributed by atoms with Crippen LogP contribution in [0.1, 0.15) is 18.4 Å². The van der Waals surface area contributed by atoms with Gasteiger partial charge in [0.05, 0.1) is 23.4 Å². The molecular formula is C21H19ClN2O3. The molecule has 6 heteroatoms. The zero-order valence-electron chi connectivity index (χ0n) is 14.9. The minimum Gasteiger partial charge on any atom is -0.496 e. The Morgan fingerprint density at radius 1 is 0.926 bits per heavy atom. The maximum atomic E-state index is 13.4. The first-order valence-corrected chi connectivity index (χ1v) is 9.27. The third kappa shape index (κ3) is 2.88. The first-order chi connectivity index (χ1) is 13.1. The van der Waals surface area contributed by atoms with Gasteiger partial charge in [0.2, 0.25) is 0 Å². The minimum atomic E-state index is -0.375. The van der Waals surface area contributed by atoms with Crippen LogP contribution in [0, 0.1) is 0 Å². The van der Waals surface area contributed by atoms with E-state index in [1.165, 1.54) is 4.90 Å². The molecule has 0 radical (unpaired) electrons. The number of likely N-dealkylation sites (tertiary alicyclic amines) is 1. The Bertz CT molecular complexity index is 948. The summed E-state index contributed by atoms with van der Waals surface area (Å²) in [5.41, 5.74) is 1.83. The number of benzene rings is 2. The molecule has 5 nitrogen and oxygen atoms in total. The summed E-state index contributed by atoms with van der Waals surface area (Å²) in [6.07, 6.45) is 1.99. The second kappa shape index (κ2) is 7.08. The van der Waals surface area contributed by atoms with Gasteiger partial charge in [-0.25, -0.2) is 4.90 Å². The number of carbonyl (C=O) groups excluding carboxylic acids is 2. The van der Waals surface area contributed by atoms with E-state index in [1.807, 2.05) is 23.1 Å². The number of rotatable bonds is 4. The van der Waals surface area contributed by atoms with E-state index in [-0.39, 0.29) is 11.8 Å². The molecule has 2 amide bonds. The molecule has 2 aromatic rings. The molecule has 0 N–H and O–H groups in total. The van der Waals surface area contributed by atoms with Gasteiger partial charge in [-0.2, -0.15) is 0 Å². The molecule has 27 heavy (non-hydrogen) atoms. The Morgan fingerprint density at radius 2 is 1.59 bits per heavy atom. The molecule has 0 aromatic heterocycles. The lowest BCUT2D eigenvalue weighted by atomic mass is 10.0. The van der Waals surface area contributed by atoms with Gasteiger partial charge >= 0.3 is 0 Å². The van der Waals surface area contributed by atoms with Gasteiger partial charge in [0.15, 0.2) is 0 Å². The van der Waals surface area contributed by atoms with Gasteiger partial charge in [0, 0.05) is 18.7 Å². The van der Waals surface area contributed by atoms with E-state index in [0.717, 1.165) is 25.9 Å². The van der Waals surface area contributed by atoms with Crippen molar-refractivity contribution >= 4 is 34.7 Å². The lowest BCUT2D eigenvalue weighted by Gasteiger charge is -2.20. The standard InChI is InChI=1S/C21H19ClN2O3/c1-27-17-11-5-2-8-14(17)18-19(23-12-6-7-13-23)21(26)24(20(18)25)16-10-4-3-9-15(16)22/h2-5,8-11H,6-7,12-13H2,1H3. The highest BCUT2D eigenvalue weighted by molar-refractivity contribution is 6.47. The third-order valence-corrected chi connectivity index (χ3v) is 5.27. The number of ether oxygens (including phenoxy) is 1. The van der Waals surface area contributed by atoms with Crippen LogP contribution in [-0.4, -0.2) is 36.9 Å². The van der Waals surface area contributed by atoms with E-state index in [0.29, 0.717) is 33.3 Å². The lowest BCUT2D eigenvalue weighted by Crippen LogP contribution is -2.34. The fraction of sp³-hybridized carbons (Fsp3) is 0.238. The topological polar surface area (TPSA) is 49.9 Å². The largest absolute Gasteiger partial charge is 0.496 e. The predicted molar refractivity (Wildman–Crippen MR) is 105 cm³/mol. The quantitative estimate of drug-likeness (QED) is 0.756. The van der Waals surface area contributed by atoms with Crippen LogP contribution in [0.4, 0.5) is 5.69 Å². The van der Waals surface area contributed by atoms with Gasteiger partial charge in [0.25, 0.3) is 11.8 Å². The monoisotopic (exact) mass is 382 g/mol. The fourth-order valence-electron chi connectivity index (χ4n) is 3.70. The van der Waals surface area contributed by atoms with Crippen LogP contribution in [0.5, 0.6) is 5.75 Å². The van der Waals surface area contributed by atoms with Crippen molar-refractivity contribution in [1.29, 1.82) is 0 Å². The molecule has 4 rings (SSSR count). The van der Waals surface area contributed by atoms with Crippen molar-refractivity contribution in [3.63, 3.8) is 0 Å². The Kier molecular flexibility index (Phi) is 4.62. The van der Waals surface area contributed by atoms with Crippen molar-refractivity contribution in [3.8, 4) is 5.75 Å². The first-order valence-electron chi connectivity index (χ1n) is 8.89. The summed E-state index contributed by atoms with van der Waals surface area (Å²) < 4.78 is 5.46. The van der Waals surface area contributed by atoms with Gasteiger partial charge in [-0.05, 0) is 31.0 Å². The number of nitrogens with zero attached hydrogens (tertiary/aromatic N) is 2. The maximum absolute atomic E-state index is 13.4. The summed E-state index contributed by atoms with van der Waals surface area (Å²) in [4.78, 5) is 29.9. The van der Waals surface area contributed by atoms with Gasteiger partial charge in [-0.3, -0.25) is 9.59 Å². The second-order valence-corrected chi connectivity index (χ2v) is 6.92. The van der Waals surface area contributed by atoms with Crippen molar-refractivity contribution in [1.82, 2.24) is 4.90 Å². The van der Waals surface area contributed by atoms with E-state index >= 15 is 0 Å². The first kappa shape index (κ1) is 17.6. The summed E-state index contributed by atoms with van der Waals surface area (Å²) >= 11 is 6.29. The van der Waals surface area contributed by atoms with Gasteiger partial charge in [-0.15, -0.1) is 0 Å². The van der Waals surface area contributed by atoms with E-state index in [9.17, 15) is 9.59 Å². The van der Waals surface area contributed by atoms with Crippen molar-refractivity contribution in [3.05, 3.63) is 64.8 Å². The van der Waals surface area contributed by atoms with E-state index in [4.69, 9.17) is 16.3 Å². The molecule has 2 aliphatic rings. The Morgan fingerprint density at radius 3 is 2.30 bits per heavy atom.